The van der Waals surface area contributed by atoms with E-state index in [2.05, 4.69) is 15.3 Å². The Morgan fingerprint density at radius 3 is 2.47 bits per heavy atom. The van der Waals surface area contributed by atoms with Crippen molar-refractivity contribution in [3.05, 3.63) is 15.7 Å². The lowest BCUT2D eigenvalue weighted by molar-refractivity contribution is -0.725. The highest BCUT2D eigenvalue weighted by Crippen LogP contribution is 2.13. The van der Waals surface area contributed by atoms with Crippen LogP contribution in [0.3, 0.4) is 0 Å². The number of hydrazine groups is 1. The van der Waals surface area contributed by atoms with E-state index in [0.29, 0.717) is 4.97 Å². The normalized spacial score (nSPS) is 12.2. The molecule has 0 N–H and O–H groups in total. The van der Waals surface area contributed by atoms with Crippen LogP contribution in [0.5, 0.6) is 0 Å². The Kier molecular flexibility index (Phi) is 6.12. The predicted octanol–water partition coefficient (Wildman–Crippen LogP) is 2.61. The zero-order valence-corrected chi connectivity index (χ0v) is 11.0. The van der Waals surface area contributed by atoms with Crippen molar-refractivity contribution in [2.45, 2.75) is 46.3 Å². The van der Waals surface area contributed by atoms with Crippen LogP contribution < -0.4 is 0 Å². The van der Waals surface area contributed by atoms with Crippen molar-refractivity contribution in [3.8, 4) is 0 Å². The first kappa shape index (κ1) is 15.3. The first-order chi connectivity index (χ1) is 7.79. The molecule has 0 saturated heterocycles. The number of azide groups is 1. The number of hydrogen-bond donors (Lipinski definition) is 0. The molecule has 0 fully saturated rings. The summed E-state index contributed by atoms with van der Waals surface area (Å²) in [6.45, 7) is 9.61. The van der Waals surface area contributed by atoms with Crippen LogP contribution in [0.4, 0.5) is 0 Å². The van der Waals surface area contributed by atoms with Crippen molar-refractivity contribution in [2.75, 3.05) is 13.1 Å². The van der Waals surface area contributed by atoms with Crippen molar-refractivity contribution in [2.24, 2.45) is 10.4 Å². The van der Waals surface area contributed by atoms with Crippen LogP contribution in [0.1, 0.15) is 34.6 Å². The van der Waals surface area contributed by atoms with Crippen molar-refractivity contribution in [1.29, 1.82) is 0 Å². The maximum atomic E-state index is 11.7. The highest BCUT2D eigenvalue weighted by Gasteiger charge is 2.28. The molecule has 0 spiro atoms. The lowest BCUT2D eigenvalue weighted by Gasteiger charge is -2.29. The largest absolute Gasteiger partial charge is 0.569 e. The molecule has 0 aromatic rings. The van der Waals surface area contributed by atoms with Gasteiger partial charge < -0.3 is 10.0 Å². The molecule has 0 aliphatic rings. The van der Waals surface area contributed by atoms with E-state index < -0.39 is 5.54 Å². The van der Waals surface area contributed by atoms with E-state index in [-0.39, 0.29) is 19.2 Å². The smallest absolute Gasteiger partial charge is 0.233 e. The van der Waals surface area contributed by atoms with Gasteiger partial charge in [0.05, 0.1) is 17.1 Å². The van der Waals surface area contributed by atoms with Gasteiger partial charge in [0, 0.05) is 11.5 Å². The van der Waals surface area contributed by atoms with Gasteiger partial charge in [-0.05, 0) is 40.1 Å². The Labute approximate surface area is 101 Å². The van der Waals surface area contributed by atoms with Gasteiger partial charge in [-0.3, -0.25) is 0 Å². The topological polar surface area (TPSA) is 99.7 Å². The summed E-state index contributed by atoms with van der Waals surface area (Å²) in [5.74, 6) is 0. The monoisotopic (exact) mass is 244 g/mol. The molecule has 0 saturated carbocycles. The molecule has 0 aromatic heterocycles. The average Bonchev–Trinajstić information content (AvgIpc) is 2.19. The van der Waals surface area contributed by atoms with Gasteiger partial charge in [0.1, 0.15) is 6.10 Å². The number of hydrogen-bond acceptors (Lipinski definition) is 4. The SMILES string of the molecule is CC(C)ON=[N+]([O-])N(CCN=[N+]=[N-])C(C)(C)C. The molecule has 17 heavy (non-hydrogen) atoms. The third-order valence-corrected chi connectivity index (χ3v) is 1.78. The molecule has 0 bridgehead atoms. The Hall–Kier alpha value is -1.69. The predicted molar refractivity (Wildman–Crippen MR) is 62.7 cm³/mol. The van der Waals surface area contributed by atoms with E-state index in [0.717, 1.165) is 0 Å². The van der Waals surface area contributed by atoms with Crippen LogP contribution in [0.15, 0.2) is 10.4 Å². The summed E-state index contributed by atoms with van der Waals surface area (Å²) < 4.78 is 0. The van der Waals surface area contributed by atoms with Crippen LogP contribution in [-0.4, -0.2) is 34.7 Å². The molecule has 0 unspecified atom stereocenters. The molecule has 0 amide bonds. The minimum absolute atomic E-state index is 0.162. The van der Waals surface area contributed by atoms with E-state index >= 15 is 0 Å². The summed E-state index contributed by atoms with van der Waals surface area (Å²) in [4.78, 5) is 7.91. The summed E-state index contributed by atoms with van der Waals surface area (Å²) in [7, 11) is 0. The Balaban J connectivity index is 4.67. The molecule has 0 aromatic carbocycles. The fraction of sp³-hybridized carbons (Fsp3) is 1.00. The Bertz CT molecular complexity index is 303. The molecule has 98 valence electrons. The standard InChI is InChI=1S/C9H20N6O2/c1-8(2)17-13-15(16)14(9(3,4)5)7-6-11-12-10/h8H,6-7H2,1-5H3. The van der Waals surface area contributed by atoms with Gasteiger partial charge >= 0.3 is 0 Å². The minimum atomic E-state index is -0.434. The molecule has 0 atom stereocenters. The van der Waals surface area contributed by atoms with Gasteiger partial charge in [-0.1, -0.05) is 5.11 Å². The zero-order valence-electron chi connectivity index (χ0n) is 11.0. The average molecular weight is 244 g/mol. The molecule has 8 nitrogen and oxygen atoms in total. The fourth-order valence-electron chi connectivity index (χ4n) is 1.04. The van der Waals surface area contributed by atoms with Crippen LogP contribution in [-0.2, 0) is 4.84 Å². The summed E-state index contributed by atoms with van der Waals surface area (Å²) in [5, 5.41) is 20.0. The first-order valence-electron chi connectivity index (χ1n) is 5.41. The van der Waals surface area contributed by atoms with Crippen LogP contribution in [0, 0.1) is 5.21 Å². The molecule has 0 rings (SSSR count). The third-order valence-electron chi connectivity index (χ3n) is 1.78. The van der Waals surface area contributed by atoms with E-state index in [4.69, 9.17) is 10.4 Å². The Morgan fingerprint density at radius 1 is 1.47 bits per heavy atom. The van der Waals surface area contributed by atoms with E-state index in [1.165, 1.54) is 5.01 Å². The second-order valence-electron chi connectivity index (χ2n) is 4.74. The van der Waals surface area contributed by atoms with Crippen molar-refractivity contribution >= 4 is 0 Å². The lowest BCUT2D eigenvalue weighted by Crippen LogP contribution is -2.47. The summed E-state index contributed by atoms with van der Waals surface area (Å²) in [5.41, 5.74) is 7.76. The quantitative estimate of drug-likeness (QED) is 0.236. The van der Waals surface area contributed by atoms with Gasteiger partial charge in [0.2, 0.25) is 5.28 Å². The highest BCUT2D eigenvalue weighted by molar-refractivity contribution is 4.69. The summed E-state index contributed by atoms with van der Waals surface area (Å²) >= 11 is 0. The number of nitrogens with zero attached hydrogens (tertiary/aromatic N) is 6. The Morgan fingerprint density at radius 2 is 2.06 bits per heavy atom. The van der Waals surface area contributed by atoms with Crippen molar-refractivity contribution in [3.63, 3.8) is 0 Å². The fourth-order valence-corrected chi connectivity index (χ4v) is 1.04. The van der Waals surface area contributed by atoms with Crippen LogP contribution in [0.2, 0.25) is 0 Å². The maximum Gasteiger partial charge on any atom is 0.233 e. The molecular weight excluding hydrogens is 224 g/mol. The summed E-state index contributed by atoms with van der Waals surface area (Å²) in [6.07, 6.45) is -0.162. The van der Waals surface area contributed by atoms with Crippen LogP contribution >= 0.6 is 0 Å². The summed E-state index contributed by atoms with van der Waals surface area (Å²) in [6, 6.07) is 0. The van der Waals surface area contributed by atoms with Gasteiger partial charge in [0.15, 0.2) is 0 Å². The van der Waals surface area contributed by atoms with E-state index in [1.54, 1.807) is 13.8 Å². The zero-order chi connectivity index (χ0) is 13.5. The number of rotatable bonds is 6. The van der Waals surface area contributed by atoms with Gasteiger partial charge in [-0.25, -0.2) is 0 Å². The van der Waals surface area contributed by atoms with Gasteiger partial charge in [-0.2, -0.15) is 0 Å². The van der Waals surface area contributed by atoms with Gasteiger partial charge in [0.25, 0.3) is 0 Å². The van der Waals surface area contributed by atoms with Gasteiger partial charge in [-0.15, -0.1) is 5.01 Å². The second kappa shape index (κ2) is 6.80. The molecule has 0 aliphatic carbocycles. The highest BCUT2D eigenvalue weighted by atomic mass is 16.7. The van der Waals surface area contributed by atoms with E-state index in [1.807, 2.05) is 20.8 Å². The second-order valence-corrected chi connectivity index (χ2v) is 4.74. The molecular formula is C9H20N6O2. The van der Waals surface area contributed by atoms with Crippen molar-refractivity contribution in [1.82, 2.24) is 5.01 Å². The van der Waals surface area contributed by atoms with E-state index in [9.17, 15) is 5.21 Å². The lowest BCUT2D eigenvalue weighted by atomic mass is 10.1. The van der Waals surface area contributed by atoms with Crippen molar-refractivity contribution < 1.29 is 9.81 Å². The molecule has 0 aliphatic heterocycles. The maximum absolute atomic E-state index is 11.7. The minimum Gasteiger partial charge on any atom is -0.569 e. The van der Waals surface area contributed by atoms with Crippen LogP contribution in [0.25, 0.3) is 10.4 Å². The molecule has 0 heterocycles. The molecule has 8 heteroatoms. The molecule has 0 radical (unpaired) electrons. The third kappa shape index (κ3) is 6.47. The first-order valence-corrected chi connectivity index (χ1v) is 5.41.